The van der Waals surface area contributed by atoms with Gasteiger partial charge in [-0.2, -0.15) is 18.3 Å². The molecule has 1 saturated heterocycles. The SMILES string of the molecule is CCCN1CCCc2[nH]nc(C(=O)N3CCC(c4ccccc4C(F)(F)F)CC3)c2C1. The third-order valence-electron chi connectivity index (χ3n) is 6.47. The van der Waals surface area contributed by atoms with Gasteiger partial charge in [0.2, 0.25) is 0 Å². The number of halogens is 3. The summed E-state index contributed by atoms with van der Waals surface area (Å²) in [4.78, 5) is 17.3. The van der Waals surface area contributed by atoms with E-state index in [2.05, 4.69) is 22.0 Å². The maximum absolute atomic E-state index is 13.4. The molecule has 0 unspecified atom stereocenters. The van der Waals surface area contributed by atoms with Crippen molar-refractivity contribution in [3.63, 3.8) is 0 Å². The Morgan fingerprint density at radius 3 is 2.65 bits per heavy atom. The number of aryl methyl sites for hydroxylation is 1. The summed E-state index contributed by atoms with van der Waals surface area (Å²) in [5.41, 5.74) is 2.28. The molecule has 1 aromatic heterocycles. The largest absolute Gasteiger partial charge is 0.416 e. The van der Waals surface area contributed by atoms with Crippen LogP contribution in [0.25, 0.3) is 0 Å². The number of hydrogen-bond donors (Lipinski definition) is 1. The predicted octanol–water partition coefficient (Wildman–Crippen LogP) is 4.61. The van der Waals surface area contributed by atoms with Crippen LogP contribution in [-0.4, -0.2) is 52.1 Å². The normalized spacial score (nSPS) is 18.6. The number of aromatic nitrogens is 2. The molecule has 0 radical (unpaired) electrons. The van der Waals surface area contributed by atoms with E-state index in [-0.39, 0.29) is 11.8 Å². The van der Waals surface area contributed by atoms with Crippen molar-refractivity contribution < 1.29 is 18.0 Å². The maximum atomic E-state index is 13.4. The minimum absolute atomic E-state index is 0.113. The Kier molecular flexibility index (Phi) is 6.36. The maximum Gasteiger partial charge on any atom is 0.416 e. The number of aromatic amines is 1. The molecule has 2 aliphatic rings. The number of fused-ring (bicyclic) bond motifs is 1. The van der Waals surface area contributed by atoms with Crippen LogP contribution in [0.2, 0.25) is 0 Å². The lowest BCUT2D eigenvalue weighted by Crippen LogP contribution is -2.39. The van der Waals surface area contributed by atoms with Crippen LogP contribution < -0.4 is 0 Å². The van der Waals surface area contributed by atoms with Crippen molar-refractivity contribution in [2.75, 3.05) is 26.2 Å². The van der Waals surface area contributed by atoms with Gasteiger partial charge in [0.05, 0.1) is 5.56 Å². The summed E-state index contributed by atoms with van der Waals surface area (Å²) in [5.74, 6) is -0.309. The van der Waals surface area contributed by atoms with Crippen molar-refractivity contribution >= 4 is 5.91 Å². The van der Waals surface area contributed by atoms with Crippen molar-refractivity contribution in [3.05, 3.63) is 52.3 Å². The van der Waals surface area contributed by atoms with Crippen LogP contribution in [0.15, 0.2) is 24.3 Å². The van der Waals surface area contributed by atoms with E-state index in [4.69, 9.17) is 0 Å². The number of amides is 1. The minimum Gasteiger partial charge on any atom is -0.337 e. The predicted molar refractivity (Wildman–Crippen MR) is 112 cm³/mol. The highest BCUT2D eigenvalue weighted by Gasteiger charge is 2.36. The number of carbonyl (C=O) groups is 1. The van der Waals surface area contributed by atoms with Gasteiger partial charge >= 0.3 is 6.18 Å². The first-order chi connectivity index (χ1) is 14.9. The lowest BCUT2D eigenvalue weighted by Gasteiger charge is -2.33. The Labute approximate surface area is 180 Å². The Hall–Kier alpha value is -2.35. The molecule has 31 heavy (non-hydrogen) atoms. The number of rotatable bonds is 4. The molecule has 0 aliphatic carbocycles. The zero-order valence-electron chi connectivity index (χ0n) is 17.8. The second-order valence-corrected chi connectivity index (χ2v) is 8.56. The zero-order valence-corrected chi connectivity index (χ0v) is 17.8. The summed E-state index contributed by atoms with van der Waals surface area (Å²) < 4.78 is 40.2. The van der Waals surface area contributed by atoms with Crippen molar-refractivity contribution in [1.82, 2.24) is 20.0 Å². The third kappa shape index (κ3) is 4.63. The molecule has 4 rings (SSSR count). The van der Waals surface area contributed by atoms with Crippen molar-refractivity contribution in [3.8, 4) is 0 Å². The molecule has 1 fully saturated rings. The van der Waals surface area contributed by atoms with Crippen molar-refractivity contribution in [1.29, 1.82) is 0 Å². The molecule has 0 bridgehead atoms. The van der Waals surface area contributed by atoms with Gasteiger partial charge in [0.25, 0.3) is 5.91 Å². The van der Waals surface area contributed by atoms with Gasteiger partial charge in [-0.1, -0.05) is 25.1 Å². The van der Waals surface area contributed by atoms with Gasteiger partial charge in [0.1, 0.15) is 0 Å². The highest BCUT2D eigenvalue weighted by Crippen LogP contribution is 2.38. The molecule has 2 aliphatic heterocycles. The van der Waals surface area contributed by atoms with E-state index in [9.17, 15) is 18.0 Å². The van der Waals surface area contributed by atoms with Crippen LogP contribution in [0.1, 0.15) is 71.4 Å². The number of hydrogen-bond acceptors (Lipinski definition) is 3. The number of nitrogens with one attached hydrogen (secondary N) is 1. The van der Waals surface area contributed by atoms with E-state index in [0.717, 1.165) is 56.2 Å². The minimum atomic E-state index is -4.36. The highest BCUT2D eigenvalue weighted by molar-refractivity contribution is 5.94. The van der Waals surface area contributed by atoms with E-state index in [1.165, 1.54) is 6.07 Å². The Morgan fingerprint density at radius 2 is 1.94 bits per heavy atom. The van der Waals surface area contributed by atoms with Gasteiger partial charge < -0.3 is 4.90 Å². The standard InChI is InChI=1S/C23H29F3N4O/c1-2-11-29-12-5-8-20-18(15-29)21(28-27-20)22(31)30-13-9-16(10-14-30)17-6-3-4-7-19(17)23(24,25)26/h3-4,6-7,16H,2,5,8-15H2,1H3,(H,27,28). The van der Waals surface area contributed by atoms with Crippen LogP contribution in [0.3, 0.4) is 0 Å². The lowest BCUT2D eigenvalue weighted by atomic mass is 9.86. The Morgan fingerprint density at radius 1 is 1.19 bits per heavy atom. The number of benzene rings is 1. The zero-order chi connectivity index (χ0) is 22.0. The average molecular weight is 435 g/mol. The molecule has 3 heterocycles. The summed E-state index contributed by atoms with van der Waals surface area (Å²) in [6.45, 7) is 5.74. The second kappa shape index (κ2) is 9.02. The van der Waals surface area contributed by atoms with Gasteiger partial charge in [0.15, 0.2) is 5.69 Å². The van der Waals surface area contributed by atoms with Crippen molar-refractivity contribution in [2.45, 2.75) is 57.7 Å². The van der Waals surface area contributed by atoms with E-state index < -0.39 is 11.7 Å². The summed E-state index contributed by atoms with van der Waals surface area (Å²) in [6.07, 6.45) is -0.344. The second-order valence-electron chi connectivity index (χ2n) is 8.56. The topological polar surface area (TPSA) is 52.2 Å². The molecule has 8 heteroatoms. The van der Waals surface area contributed by atoms with Gasteiger partial charge in [-0.15, -0.1) is 0 Å². The molecule has 1 N–H and O–H groups in total. The average Bonchev–Trinajstić information content (AvgIpc) is 3.04. The van der Waals surface area contributed by atoms with E-state index >= 15 is 0 Å². The monoisotopic (exact) mass is 434 g/mol. The van der Waals surface area contributed by atoms with Crippen molar-refractivity contribution in [2.24, 2.45) is 0 Å². The molecule has 2 aromatic rings. The lowest BCUT2D eigenvalue weighted by molar-refractivity contribution is -0.138. The van der Waals surface area contributed by atoms with Crippen LogP contribution in [0.5, 0.6) is 0 Å². The molecule has 168 valence electrons. The molecule has 1 amide bonds. The molecule has 0 atom stereocenters. The molecular weight excluding hydrogens is 405 g/mol. The summed E-state index contributed by atoms with van der Waals surface area (Å²) >= 11 is 0. The number of H-pyrrole nitrogens is 1. The fourth-order valence-corrected chi connectivity index (χ4v) is 4.90. The van der Waals surface area contributed by atoms with E-state index in [1.54, 1.807) is 17.0 Å². The number of nitrogens with zero attached hydrogens (tertiary/aromatic N) is 3. The molecule has 0 saturated carbocycles. The third-order valence-corrected chi connectivity index (χ3v) is 6.47. The molecule has 5 nitrogen and oxygen atoms in total. The number of likely N-dealkylation sites (tertiary alicyclic amines) is 1. The first-order valence-corrected chi connectivity index (χ1v) is 11.1. The summed E-state index contributed by atoms with van der Waals surface area (Å²) in [5, 5.41) is 7.40. The highest BCUT2D eigenvalue weighted by atomic mass is 19.4. The smallest absolute Gasteiger partial charge is 0.337 e. The summed E-state index contributed by atoms with van der Waals surface area (Å²) in [7, 11) is 0. The van der Waals surface area contributed by atoms with Gasteiger partial charge in [-0.3, -0.25) is 14.8 Å². The Balaban J connectivity index is 1.46. The molecule has 0 spiro atoms. The quantitative estimate of drug-likeness (QED) is 0.765. The first kappa shape index (κ1) is 21.9. The summed E-state index contributed by atoms with van der Waals surface area (Å²) in [6, 6.07) is 5.80. The van der Waals surface area contributed by atoms with Crippen LogP contribution in [-0.2, 0) is 19.1 Å². The van der Waals surface area contributed by atoms with Crippen LogP contribution in [0, 0.1) is 0 Å². The number of carbonyl (C=O) groups excluding carboxylic acids is 1. The Bertz CT molecular complexity index is 916. The molecular formula is C23H29F3N4O. The van der Waals surface area contributed by atoms with Gasteiger partial charge in [0, 0.05) is 30.9 Å². The first-order valence-electron chi connectivity index (χ1n) is 11.1. The number of piperidine rings is 1. The van der Waals surface area contributed by atoms with E-state index in [0.29, 0.717) is 37.2 Å². The fraction of sp³-hybridized carbons (Fsp3) is 0.565. The van der Waals surface area contributed by atoms with Crippen LogP contribution >= 0.6 is 0 Å². The van der Waals surface area contributed by atoms with Crippen LogP contribution in [0.4, 0.5) is 13.2 Å². The molecule has 1 aromatic carbocycles. The number of alkyl halides is 3. The van der Waals surface area contributed by atoms with Gasteiger partial charge in [-0.05, 0) is 62.7 Å². The van der Waals surface area contributed by atoms with Gasteiger partial charge in [-0.25, -0.2) is 0 Å². The fourth-order valence-electron chi connectivity index (χ4n) is 4.90. The van der Waals surface area contributed by atoms with E-state index in [1.807, 2.05) is 0 Å².